The third-order valence-corrected chi connectivity index (χ3v) is 4.94. The molecule has 4 heterocycles. The molecule has 0 saturated carbocycles. The van der Waals surface area contributed by atoms with Crippen molar-refractivity contribution < 1.29 is 29.0 Å². The maximum Gasteiger partial charge on any atom is 0.310 e. The second-order valence-corrected chi connectivity index (χ2v) is 7.10. The van der Waals surface area contributed by atoms with Gasteiger partial charge in [0.25, 0.3) is 11.8 Å². The molecule has 14 nitrogen and oxygen atoms in total. The quantitative estimate of drug-likeness (QED) is 0.314. The monoisotopic (exact) mass is 456 g/mol. The molecule has 14 heteroatoms. The molecule has 0 spiro atoms. The van der Waals surface area contributed by atoms with Crippen molar-refractivity contribution in [3.05, 3.63) is 30.5 Å². The highest BCUT2D eigenvalue weighted by Crippen LogP contribution is 2.32. The molecule has 2 unspecified atom stereocenters. The molecule has 1 aliphatic rings. The van der Waals surface area contributed by atoms with Crippen LogP contribution in [0.25, 0.3) is 11.2 Å². The smallest absolute Gasteiger partial charge is 0.310 e. The minimum Gasteiger partial charge on any atom is -0.441 e. The molecule has 4 rings (SSSR count). The Balaban J connectivity index is 1.58. The number of carbonyl (C=O) groups excluding carboxylic acids is 2. The Labute approximate surface area is 186 Å². The van der Waals surface area contributed by atoms with Crippen molar-refractivity contribution in [2.24, 2.45) is 0 Å². The number of nitrogen functional groups attached to an aromatic ring is 1. The lowest BCUT2D eigenvalue weighted by atomic mass is 10.1. The first-order valence-electron chi connectivity index (χ1n) is 9.69. The van der Waals surface area contributed by atoms with Gasteiger partial charge < -0.3 is 35.3 Å². The number of rotatable bonds is 4. The van der Waals surface area contributed by atoms with Crippen LogP contribution in [0, 0.1) is 11.8 Å². The number of anilines is 1. The molecular weight excluding hydrogens is 436 g/mol. The number of hydrogen-bond donors (Lipinski definition) is 4. The number of nitrogens with one attached hydrogen (secondary N) is 1. The maximum absolute atomic E-state index is 12.1. The lowest BCUT2D eigenvalue weighted by molar-refractivity contribution is -0.137. The molecule has 4 atom stereocenters. The highest BCUT2D eigenvalue weighted by Gasteiger charge is 2.47. The first-order valence-corrected chi connectivity index (χ1v) is 9.69. The number of oxazole rings is 1. The lowest BCUT2D eigenvalue weighted by Crippen LogP contribution is -2.41. The highest BCUT2D eigenvalue weighted by molar-refractivity contribution is 5.89. The normalized spacial score (nSPS) is 22.1. The van der Waals surface area contributed by atoms with E-state index >= 15 is 0 Å². The molecular formula is C19H20N8O6. The Kier molecular flexibility index (Phi) is 5.92. The van der Waals surface area contributed by atoms with Crippen LogP contribution in [0.15, 0.2) is 23.2 Å². The SMILES string of the molecule is CNC(=O)C1OC(n2cnc3c(N)nc(C#CCN(C)C(=O)c4ncco4)nc32)[C@H](O)[C@@H]1O. The van der Waals surface area contributed by atoms with Crippen molar-refractivity contribution in [2.75, 3.05) is 26.4 Å². The molecule has 1 aliphatic heterocycles. The van der Waals surface area contributed by atoms with Crippen molar-refractivity contribution in [3.63, 3.8) is 0 Å². The van der Waals surface area contributed by atoms with Gasteiger partial charge in [-0.1, -0.05) is 5.92 Å². The zero-order valence-electron chi connectivity index (χ0n) is 17.5. The highest BCUT2D eigenvalue weighted by atomic mass is 16.6. The number of imidazole rings is 1. The van der Waals surface area contributed by atoms with Crippen molar-refractivity contribution in [3.8, 4) is 11.8 Å². The van der Waals surface area contributed by atoms with Gasteiger partial charge in [-0.25, -0.2) is 19.9 Å². The van der Waals surface area contributed by atoms with Gasteiger partial charge in [-0.3, -0.25) is 14.2 Å². The number of fused-ring (bicyclic) bond motifs is 1. The van der Waals surface area contributed by atoms with Crippen LogP contribution in [0.2, 0.25) is 0 Å². The number of aliphatic hydroxyl groups is 2. The van der Waals surface area contributed by atoms with E-state index in [0.717, 1.165) is 0 Å². The predicted molar refractivity (Wildman–Crippen MR) is 110 cm³/mol. The molecule has 3 aromatic heterocycles. The summed E-state index contributed by atoms with van der Waals surface area (Å²) in [5, 5.41) is 23.0. The molecule has 3 aromatic rings. The minimum atomic E-state index is -1.46. The van der Waals surface area contributed by atoms with Crippen LogP contribution in [0.1, 0.15) is 22.7 Å². The van der Waals surface area contributed by atoms with Crippen LogP contribution in [0.4, 0.5) is 5.82 Å². The molecule has 0 aliphatic carbocycles. The van der Waals surface area contributed by atoms with Gasteiger partial charge in [-0.2, -0.15) is 0 Å². The molecule has 172 valence electrons. The summed E-state index contributed by atoms with van der Waals surface area (Å²) in [5.74, 6) is 4.46. The third-order valence-electron chi connectivity index (χ3n) is 4.94. The van der Waals surface area contributed by atoms with Crippen molar-refractivity contribution in [1.82, 2.24) is 34.7 Å². The minimum absolute atomic E-state index is 0.0307. The average molecular weight is 456 g/mol. The number of ether oxygens (including phenoxy) is 1. The Hall–Kier alpha value is -4.06. The Bertz CT molecular complexity index is 1250. The van der Waals surface area contributed by atoms with E-state index in [2.05, 4.69) is 37.1 Å². The molecule has 1 saturated heterocycles. The van der Waals surface area contributed by atoms with Crippen molar-refractivity contribution >= 4 is 28.8 Å². The second kappa shape index (κ2) is 8.82. The number of likely N-dealkylation sites (N-methyl/N-ethyl adjacent to an activating group) is 1. The third kappa shape index (κ3) is 4.07. The fraction of sp³-hybridized carbons (Fsp3) is 0.368. The molecule has 0 radical (unpaired) electrons. The Morgan fingerprint density at radius 3 is 2.79 bits per heavy atom. The summed E-state index contributed by atoms with van der Waals surface area (Å²) in [6.45, 7) is 0.0340. The lowest BCUT2D eigenvalue weighted by Gasteiger charge is -2.16. The van der Waals surface area contributed by atoms with E-state index in [1.807, 2.05) is 0 Å². The van der Waals surface area contributed by atoms with Gasteiger partial charge in [-0.15, -0.1) is 0 Å². The van der Waals surface area contributed by atoms with Gasteiger partial charge >= 0.3 is 5.91 Å². The van der Waals surface area contributed by atoms with Crippen LogP contribution in [-0.2, 0) is 9.53 Å². The summed E-state index contributed by atoms with van der Waals surface area (Å²) in [7, 11) is 2.92. The van der Waals surface area contributed by atoms with Gasteiger partial charge in [0.1, 0.15) is 24.0 Å². The number of hydrogen-bond acceptors (Lipinski definition) is 11. The standard InChI is InChI=1S/C19H20N8O6/c1-21-16(30)13-11(28)12(29)19(33-13)27-8-23-10-14(20)24-9(25-15(10)27)4-3-6-26(2)18(31)17-22-5-7-32-17/h5,7-8,11-13,19,28-29H,6H2,1-2H3,(H,21,30)(H2,20,24,25)/t11-,12+,13?,19?/m0/s1. The van der Waals surface area contributed by atoms with Crippen molar-refractivity contribution in [2.45, 2.75) is 24.5 Å². The van der Waals surface area contributed by atoms with Gasteiger partial charge in [0.15, 0.2) is 23.8 Å². The summed E-state index contributed by atoms with van der Waals surface area (Å²) < 4.78 is 11.9. The topological polar surface area (TPSA) is 195 Å². The maximum atomic E-state index is 12.1. The number of nitrogens with zero attached hydrogens (tertiary/aromatic N) is 6. The summed E-state index contributed by atoms with van der Waals surface area (Å²) in [6.07, 6.45) is -1.34. The zero-order valence-corrected chi connectivity index (χ0v) is 17.5. The Morgan fingerprint density at radius 2 is 2.09 bits per heavy atom. The zero-order chi connectivity index (χ0) is 23.7. The van der Waals surface area contributed by atoms with E-state index < -0.39 is 36.4 Å². The molecule has 5 N–H and O–H groups in total. The molecule has 1 fully saturated rings. The Morgan fingerprint density at radius 1 is 1.30 bits per heavy atom. The van der Waals surface area contributed by atoms with E-state index in [4.69, 9.17) is 14.9 Å². The van der Waals surface area contributed by atoms with Crippen LogP contribution in [0.3, 0.4) is 0 Å². The first-order chi connectivity index (χ1) is 15.8. The largest absolute Gasteiger partial charge is 0.441 e. The average Bonchev–Trinajstić information content (AvgIpc) is 3.54. The van der Waals surface area contributed by atoms with Gasteiger partial charge in [-0.05, 0) is 5.92 Å². The van der Waals surface area contributed by atoms with Gasteiger partial charge in [0.2, 0.25) is 5.82 Å². The van der Waals surface area contributed by atoms with E-state index in [1.54, 1.807) is 0 Å². The molecule has 0 bridgehead atoms. The van der Waals surface area contributed by atoms with Crippen molar-refractivity contribution in [1.29, 1.82) is 0 Å². The summed E-state index contributed by atoms with van der Waals surface area (Å²) in [5.41, 5.74) is 6.39. The first kappa shape index (κ1) is 22.1. The number of aromatic nitrogens is 5. The van der Waals surface area contributed by atoms with Crippen LogP contribution < -0.4 is 11.1 Å². The molecule has 33 heavy (non-hydrogen) atoms. The van der Waals surface area contributed by atoms with Crippen LogP contribution >= 0.6 is 0 Å². The van der Waals surface area contributed by atoms with Gasteiger partial charge in [0, 0.05) is 14.1 Å². The summed E-state index contributed by atoms with van der Waals surface area (Å²) in [4.78, 5) is 41.7. The summed E-state index contributed by atoms with van der Waals surface area (Å²) >= 11 is 0. The fourth-order valence-electron chi connectivity index (χ4n) is 3.23. The van der Waals surface area contributed by atoms with Gasteiger partial charge in [0.05, 0.1) is 19.1 Å². The predicted octanol–water partition coefficient (Wildman–Crippen LogP) is -2.11. The number of carbonyl (C=O) groups is 2. The molecule has 2 amide bonds. The van der Waals surface area contributed by atoms with E-state index in [-0.39, 0.29) is 35.2 Å². The second-order valence-electron chi connectivity index (χ2n) is 7.10. The number of aliphatic hydroxyl groups excluding tert-OH is 2. The van der Waals surface area contributed by atoms with E-state index in [9.17, 15) is 19.8 Å². The summed E-state index contributed by atoms with van der Waals surface area (Å²) in [6, 6.07) is 0. The number of nitrogens with two attached hydrogens (primary N) is 1. The molecule has 0 aromatic carbocycles. The van der Waals surface area contributed by atoms with Crippen LogP contribution in [0.5, 0.6) is 0 Å². The van der Waals surface area contributed by atoms with E-state index in [0.29, 0.717) is 0 Å². The fourth-order valence-corrected chi connectivity index (χ4v) is 3.23. The van der Waals surface area contributed by atoms with Crippen LogP contribution in [-0.4, -0.2) is 90.4 Å². The number of amides is 2. The van der Waals surface area contributed by atoms with E-state index in [1.165, 1.54) is 42.3 Å².